The lowest BCUT2D eigenvalue weighted by molar-refractivity contribution is -0.126. The van der Waals surface area contributed by atoms with E-state index in [1.54, 1.807) is 7.11 Å². The molecule has 0 spiro atoms. The Bertz CT molecular complexity index is 855. The van der Waals surface area contributed by atoms with Crippen molar-refractivity contribution in [1.82, 2.24) is 10.2 Å². The number of methoxy groups -OCH3 is 1. The number of ether oxygens (including phenoxy) is 1. The van der Waals surface area contributed by atoms with Crippen molar-refractivity contribution < 1.29 is 23.1 Å². The summed E-state index contributed by atoms with van der Waals surface area (Å²) in [5, 5.41) is 2.89. The molecule has 0 unspecified atom stereocenters. The van der Waals surface area contributed by atoms with Gasteiger partial charge in [0, 0.05) is 25.2 Å². The van der Waals surface area contributed by atoms with Crippen molar-refractivity contribution in [2.45, 2.75) is 19.4 Å². The van der Waals surface area contributed by atoms with E-state index in [9.17, 15) is 18.4 Å². The van der Waals surface area contributed by atoms with E-state index < -0.39 is 17.5 Å². The second-order valence-corrected chi connectivity index (χ2v) is 6.79. The summed E-state index contributed by atoms with van der Waals surface area (Å²) in [6.45, 7) is 1.13. The average molecular weight is 388 g/mol. The fourth-order valence-electron chi connectivity index (χ4n) is 3.26. The van der Waals surface area contributed by atoms with Gasteiger partial charge in [0.2, 0.25) is 5.91 Å². The van der Waals surface area contributed by atoms with Gasteiger partial charge in [0.05, 0.1) is 13.0 Å². The summed E-state index contributed by atoms with van der Waals surface area (Å²) in [7, 11) is 1.59. The van der Waals surface area contributed by atoms with Gasteiger partial charge in [-0.3, -0.25) is 9.59 Å². The van der Waals surface area contributed by atoms with Crippen molar-refractivity contribution in [1.29, 1.82) is 0 Å². The van der Waals surface area contributed by atoms with Crippen molar-refractivity contribution in [3.05, 3.63) is 65.2 Å². The molecule has 1 N–H and O–H groups in total. The minimum Gasteiger partial charge on any atom is -0.497 e. The molecule has 1 heterocycles. The van der Waals surface area contributed by atoms with Crippen LogP contribution in [0.5, 0.6) is 5.75 Å². The average Bonchev–Trinajstić information content (AvgIpc) is 2.74. The quantitative estimate of drug-likeness (QED) is 0.856. The number of nitrogens with one attached hydrogen (secondary N) is 1. The number of halogens is 2. The summed E-state index contributed by atoms with van der Waals surface area (Å²) in [5.74, 6) is -2.16. The molecule has 1 atom stereocenters. The van der Waals surface area contributed by atoms with Gasteiger partial charge in [0.25, 0.3) is 5.91 Å². The number of rotatable bonds is 5. The first-order valence-electron chi connectivity index (χ1n) is 9.13. The van der Waals surface area contributed by atoms with Crippen molar-refractivity contribution in [2.24, 2.45) is 5.92 Å². The first-order chi connectivity index (χ1) is 13.5. The van der Waals surface area contributed by atoms with Crippen LogP contribution in [0.2, 0.25) is 0 Å². The van der Waals surface area contributed by atoms with Crippen LogP contribution in [-0.2, 0) is 11.3 Å². The van der Waals surface area contributed by atoms with Crippen LogP contribution in [-0.4, -0.2) is 36.9 Å². The van der Waals surface area contributed by atoms with E-state index >= 15 is 0 Å². The van der Waals surface area contributed by atoms with Crippen molar-refractivity contribution in [3.8, 4) is 5.75 Å². The number of piperidine rings is 1. The molecule has 3 rings (SSSR count). The summed E-state index contributed by atoms with van der Waals surface area (Å²) in [6.07, 6.45) is 1.35. The number of amides is 2. The molecule has 1 fully saturated rings. The van der Waals surface area contributed by atoms with E-state index in [2.05, 4.69) is 5.32 Å². The summed E-state index contributed by atoms with van der Waals surface area (Å²) in [6, 6.07) is 10.5. The topological polar surface area (TPSA) is 58.6 Å². The summed E-state index contributed by atoms with van der Waals surface area (Å²) in [4.78, 5) is 26.6. The van der Waals surface area contributed by atoms with Gasteiger partial charge in [-0.05, 0) is 48.7 Å². The Morgan fingerprint density at radius 1 is 1.14 bits per heavy atom. The smallest absolute Gasteiger partial charge is 0.253 e. The molecule has 5 nitrogen and oxygen atoms in total. The fraction of sp³-hybridized carbons (Fsp3) is 0.333. The van der Waals surface area contributed by atoms with Gasteiger partial charge in [-0.2, -0.15) is 0 Å². The number of benzene rings is 2. The second kappa shape index (κ2) is 8.82. The molecule has 0 radical (unpaired) electrons. The lowest BCUT2D eigenvalue weighted by Gasteiger charge is -2.32. The van der Waals surface area contributed by atoms with Gasteiger partial charge in [0.1, 0.15) is 5.75 Å². The van der Waals surface area contributed by atoms with Gasteiger partial charge >= 0.3 is 0 Å². The van der Waals surface area contributed by atoms with Crippen molar-refractivity contribution in [2.75, 3.05) is 20.2 Å². The summed E-state index contributed by atoms with van der Waals surface area (Å²) < 4.78 is 31.6. The zero-order valence-electron chi connectivity index (χ0n) is 15.6. The van der Waals surface area contributed by atoms with Crippen LogP contribution in [0.25, 0.3) is 0 Å². The predicted molar refractivity (Wildman–Crippen MR) is 99.8 cm³/mol. The monoisotopic (exact) mass is 388 g/mol. The molecule has 2 aromatic rings. The number of hydrogen-bond acceptors (Lipinski definition) is 3. The molecule has 2 amide bonds. The SMILES string of the molecule is COc1ccc(CNC(=O)[C@@H]2CCCN(C(=O)c3ccc(F)c(F)c3)C2)cc1. The molecule has 28 heavy (non-hydrogen) atoms. The molecule has 148 valence electrons. The van der Waals surface area contributed by atoms with Crippen LogP contribution in [0.15, 0.2) is 42.5 Å². The van der Waals surface area contributed by atoms with Crippen molar-refractivity contribution >= 4 is 11.8 Å². The molecule has 2 aromatic carbocycles. The first kappa shape index (κ1) is 19.8. The standard InChI is InChI=1S/C21H22F2N2O3/c1-28-17-7-4-14(5-8-17)12-24-20(26)16-3-2-10-25(13-16)21(27)15-6-9-18(22)19(23)11-15/h4-9,11,16H,2-3,10,12-13H2,1H3,(H,24,26)/t16-/m1/s1. The van der Waals surface area contributed by atoms with E-state index in [1.807, 2.05) is 24.3 Å². The normalized spacial score (nSPS) is 16.5. The van der Waals surface area contributed by atoms with E-state index in [4.69, 9.17) is 4.74 Å². The number of carbonyl (C=O) groups is 2. The van der Waals surface area contributed by atoms with E-state index in [0.717, 1.165) is 23.4 Å². The second-order valence-electron chi connectivity index (χ2n) is 6.79. The fourth-order valence-corrected chi connectivity index (χ4v) is 3.26. The van der Waals surface area contributed by atoms with Crippen LogP contribution in [0, 0.1) is 17.6 Å². The third-order valence-electron chi connectivity index (χ3n) is 4.87. The van der Waals surface area contributed by atoms with Gasteiger partial charge in [-0.15, -0.1) is 0 Å². The highest BCUT2D eigenvalue weighted by atomic mass is 19.2. The van der Waals surface area contributed by atoms with E-state index in [1.165, 1.54) is 11.0 Å². The number of hydrogen-bond donors (Lipinski definition) is 1. The molecule has 0 saturated carbocycles. The molecule has 1 aliphatic rings. The van der Waals surface area contributed by atoms with Gasteiger partial charge < -0.3 is 15.0 Å². The third-order valence-corrected chi connectivity index (χ3v) is 4.87. The highest BCUT2D eigenvalue weighted by molar-refractivity contribution is 5.94. The maximum absolute atomic E-state index is 13.4. The highest BCUT2D eigenvalue weighted by Gasteiger charge is 2.29. The zero-order chi connectivity index (χ0) is 20.1. The first-order valence-corrected chi connectivity index (χ1v) is 9.13. The van der Waals surface area contributed by atoms with Crippen LogP contribution in [0.1, 0.15) is 28.8 Å². The lowest BCUT2D eigenvalue weighted by Crippen LogP contribution is -2.45. The maximum atomic E-state index is 13.4. The predicted octanol–water partition coefficient (Wildman–Crippen LogP) is 3.14. The van der Waals surface area contributed by atoms with Gasteiger partial charge in [-0.1, -0.05) is 12.1 Å². The Labute approximate surface area is 162 Å². The number of carbonyl (C=O) groups excluding carboxylic acids is 2. The highest BCUT2D eigenvalue weighted by Crippen LogP contribution is 2.20. The molecule has 1 saturated heterocycles. The maximum Gasteiger partial charge on any atom is 0.253 e. The summed E-state index contributed by atoms with van der Waals surface area (Å²) >= 11 is 0. The van der Waals surface area contributed by atoms with E-state index in [-0.39, 0.29) is 23.9 Å². The minimum absolute atomic E-state index is 0.0817. The van der Waals surface area contributed by atoms with Crippen LogP contribution >= 0.6 is 0 Å². The Balaban J connectivity index is 1.57. The number of likely N-dealkylation sites (tertiary alicyclic amines) is 1. The van der Waals surface area contributed by atoms with Crippen molar-refractivity contribution in [3.63, 3.8) is 0 Å². The Hall–Kier alpha value is -2.96. The Kier molecular flexibility index (Phi) is 6.23. The largest absolute Gasteiger partial charge is 0.497 e. The third kappa shape index (κ3) is 4.65. The molecular formula is C21H22F2N2O3. The van der Waals surface area contributed by atoms with Gasteiger partial charge in [0.15, 0.2) is 11.6 Å². The lowest BCUT2D eigenvalue weighted by atomic mass is 9.96. The Morgan fingerprint density at radius 2 is 1.89 bits per heavy atom. The summed E-state index contributed by atoms with van der Waals surface area (Å²) in [5.41, 5.74) is 1.03. The van der Waals surface area contributed by atoms with Crippen LogP contribution < -0.4 is 10.1 Å². The van der Waals surface area contributed by atoms with Crippen LogP contribution in [0.3, 0.4) is 0 Å². The van der Waals surface area contributed by atoms with Crippen LogP contribution in [0.4, 0.5) is 8.78 Å². The number of nitrogens with zero attached hydrogens (tertiary/aromatic N) is 1. The zero-order valence-corrected chi connectivity index (χ0v) is 15.6. The van der Waals surface area contributed by atoms with E-state index in [0.29, 0.717) is 25.9 Å². The molecule has 7 heteroatoms. The molecule has 0 bridgehead atoms. The Morgan fingerprint density at radius 3 is 2.57 bits per heavy atom. The minimum atomic E-state index is -1.06. The molecule has 1 aliphatic heterocycles. The molecule has 0 aromatic heterocycles. The van der Waals surface area contributed by atoms with Gasteiger partial charge in [-0.25, -0.2) is 8.78 Å². The molecule has 0 aliphatic carbocycles. The molecular weight excluding hydrogens is 366 g/mol.